The summed E-state index contributed by atoms with van der Waals surface area (Å²) in [7, 11) is 0. The van der Waals surface area contributed by atoms with Gasteiger partial charge in [0.1, 0.15) is 44.9 Å². The fourth-order valence-corrected chi connectivity index (χ4v) is 4.56. The molecule has 0 aliphatic carbocycles. The largest absolute Gasteiger partial charge is 0.454 e. The Bertz CT molecular complexity index is 1120. The lowest BCUT2D eigenvalue weighted by molar-refractivity contribution is -1.02. The molecule has 0 saturated carbocycles. The minimum absolute atomic E-state index is 0.253. The van der Waals surface area contributed by atoms with Crippen LogP contribution in [0.15, 0.2) is 51.7 Å². The number of ether oxygens (including phenoxy) is 2. The van der Waals surface area contributed by atoms with Crippen molar-refractivity contribution in [2.75, 3.05) is 33.0 Å². The Morgan fingerprint density at radius 3 is 2.37 bits per heavy atom. The maximum absolute atomic E-state index is 12.1. The van der Waals surface area contributed by atoms with Crippen LogP contribution in [0.3, 0.4) is 0 Å². The summed E-state index contributed by atoms with van der Waals surface area (Å²) in [5, 5.41) is 1.06. The lowest BCUT2D eigenvalue weighted by atomic mass is 10.1. The van der Waals surface area contributed by atoms with Gasteiger partial charge < -0.3 is 23.7 Å². The Hall–Kier alpha value is -2.83. The summed E-state index contributed by atoms with van der Waals surface area (Å²) >= 11 is 0. The second kappa shape index (κ2) is 8.13. The zero-order chi connectivity index (χ0) is 20.5. The predicted octanol–water partition coefficient (Wildman–Crippen LogP) is 0.568. The normalized spacial score (nSPS) is 20.6. The molecule has 0 radical (unpaired) electrons. The van der Waals surface area contributed by atoms with Crippen LogP contribution in [0.4, 0.5) is 0 Å². The van der Waals surface area contributed by atoms with E-state index >= 15 is 0 Å². The molecular weight excluding hydrogens is 380 g/mol. The van der Waals surface area contributed by atoms with Gasteiger partial charge in [-0.3, -0.25) is 0 Å². The van der Waals surface area contributed by atoms with Crippen LogP contribution in [0.5, 0.6) is 11.5 Å². The highest BCUT2D eigenvalue weighted by molar-refractivity contribution is 5.80. The fourth-order valence-electron chi connectivity index (χ4n) is 4.56. The van der Waals surface area contributed by atoms with Crippen LogP contribution < -0.4 is 24.9 Å². The third-order valence-corrected chi connectivity index (χ3v) is 6.30. The molecule has 2 N–H and O–H groups in total. The summed E-state index contributed by atoms with van der Waals surface area (Å²) in [6, 6.07) is 14.2. The van der Waals surface area contributed by atoms with Gasteiger partial charge in [0.15, 0.2) is 11.5 Å². The van der Waals surface area contributed by atoms with E-state index in [1.807, 2.05) is 12.1 Å². The first kappa shape index (κ1) is 19.2. The van der Waals surface area contributed by atoms with E-state index in [1.54, 1.807) is 11.0 Å². The first-order chi connectivity index (χ1) is 14.7. The van der Waals surface area contributed by atoms with E-state index in [0.717, 1.165) is 68.1 Å². The number of rotatable bonds is 5. The topological polar surface area (TPSA) is 57.5 Å². The molecule has 5 rings (SSSR count). The van der Waals surface area contributed by atoms with Crippen molar-refractivity contribution in [1.82, 2.24) is 0 Å². The third-order valence-electron chi connectivity index (χ3n) is 6.30. The lowest BCUT2D eigenvalue weighted by Gasteiger charge is -2.30. The van der Waals surface area contributed by atoms with Gasteiger partial charge in [-0.15, -0.1) is 0 Å². The van der Waals surface area contributed by atoms with Crippen LogP contribution in [-0.2, 0) is 19.5 Å². The molecule has 156 valence electrons. The third kappa shape index (κ3) is 3.93. The molecule has 1 saturated heterocycles. The molecule has 30 heavy (non-hydrogen) atoms. The highest BCUT2D eigenvalue weighted by atomic mass is 16.7. The minimum Gasteiger partial charge on any atom is -0.454 e. The summed E-state index contributed by atoms with van der Waals surface area (Å²) in [5.74, 6) is 1.70. The maximum Gasteiger partial charge on any atom is 0.336 e. The van der Waals surface area contributed by atoms with Gasteiger partial charge in [-0.05, 0) is 36.2 Å². The van der Waals surface area contributed by atoms with Gasteiger partial charge in [0.2, 0.25) is 6.79 Å². The Morgan fingerprint density at radius 1 is 0.833 bits per heavy atom. The Morgan fingerprint density at radius 2 is 1.57 bits per heavy atom. The molecule has 0 bridgehead atoms. The highest BCUT2D eigenvalue weighted by Gasteiger charge is 2.25. The molecule has 0 spiro atoms. The summed E-state index contributed by atoms with van der Waals surface area (Å²) in [6.07, 6.45) is 0.934. The van der Waals surface area contributed by atoms with Crippen LogP contribution >= 0.6 is 0 Å². The molecule has 2 aromatic carbocycles. The summed E-state index contributed by atoms with van der Waals surface area (Å²) in [6.45, 7) is 8.71. The Kier molecular flexibility index (Phi) is 5.19. The average molecular weight is 408 g/mol. The van der Waals surface area contributed by atoms with E-state index in [0.29, 0.717) is 12.4 Å². The molecule has 1 aromatic heterocycles. The molecule has 1 fully saturated rings. The standard InChI is InChI=1S/C24H26N2O4/c1-2-17-3-5-20-19(13-24(27)30-22(20)11-17)15-26-9-7-25(8-10-26)14-18-4-6-21-23(12-18)29-16-28-21/h3-6,11-13H,2,7-10,14-16H2,1H3/p+2. The zero-order valence-corrected chi connectivity index (χ0v) is 17.3. The molecule has 6 heteroatoms. The summed E-state index contributed by atoms with van der Waals surface area (Å²) in [4.78, 5) is 15.2. The van der Waals surface area contributed by atoms with Crippen molar-refractivity contribution in [3.63, 3.8) is 0 Å². The Balaban J connectivity index is 1.24. The van der Waals surface area contributed by atoms with Gasteiger partial charge in [0.25, 0.3) is 0 Å². The summed E-state index contributed by atoms with van der Waals surface area (Å²) < 4.78 is 16.4. The van der Waals surface area contributed by atoms with Gasteiger partial charge in [0.05, 0.1) is 0 Å². The van der Waals surface area contributed by atoms with Gasteiger partial charge in [-0.2, -0.15) is 0 Å². The number of hydrogen-bond donors (Lipinski definition) is 2. The number of benzene rings is 2. The monoisotopic (exact) mass is 408 g/mol. The fraction of sp³-hybridized carbons (Fsp3) is 0.375. The number of fused-ring (bicyclic) bond motifs is 2. The van der Waals surface area contributed by atoms with E-state index in [9.17, 15) is 4.79 Å². The van der Waals surface area contributed by atoms with E-state index in [2.05, 4.69) is 31.2 Å². The smallest absolute Gasteiger partial charge is 0.336 e. The average Bonchev–Trinajstić information content (AvgIpc) is 3.22. The molecule has 0 atom stereocenters. The highest BCUT2D eigenvalue weighted by Crippen LogP contribution is 2.32. The Labute approximate surface area is 175 Å². The van der Waals surface area contributed by atoms with Crippen LogP contribution in [0.1, 0.15) is 23.6 Å². The van der Waals surface area contributed by atoms with E-state index in [1.165, 1.54) is 16.0 Å². The number of piperazine rings is 1. The molecule has 0 unspecified atom stereocenters. The number of hydrogen-bond acceptors (Lipinski definition) is 4. The van der Waals surface area contributed by atoms with Gasteiger partial charge in [0, 0.05) is 22.6 Å². The first-order valence-corrected chi connectivity index (χ1v) is 10.8. The van der Waals surface area contributed by atoms with Crippen molar-refractivity contribution in [3.05, 3.63) is 69.6 Å². The number of nitrogens with one attached hydrogen (secondary N) is 2. The first-order valence-electron chi connectivity index (χ1n) is 10.8. The molecular formula is C24H28N2O4+2. The predicted molar refractivity (Wildman–Crippen MR) is 113 cm³/mol. The lowest BCUT2D eigenvalue weighted by Crippen LogP contribution is -3.27. The van der Waals surface area contributed by atoms with Crippen molar-refractivity contribution < 1.29 is 23.7 Å². The van der Waals surface area contributed by atoms with E-state index in [4.69, 9.17) is 13.9 Å². The second-order valence-corrected chi connectivity index (χ2v) is 8.32. The molecule has 2 aliphatic rings. The van der Waals surface area contributed by atoms with E-state index < -0.39 is 0 Å². The number of quaternary nitrogens is 2. The van der Waals surface area contributed by atoms with Crippen LogP contribution in [0, 0.1) is 0 Å². The van der Waals surface area contributed by atoms with Crippen molar-refractivity contribution in [3.8, 4) is 11.5 Å². The van der Waals surface area contributed by atoms with Crippen LogP contribution in [0.25, 0.3) is 11.0 Å². The molecule has 3 aromatic rings. The van der Waals surface area contributed by atoms with E-state index in [-0.39, 0.29) is 5.63 Å². The zero-order valence-electron chi connectivity index (χ0n) is 17.3. The van der Waals surface area contributed by atoms with Crippen molar-refractivity contribution in [1.29, 1.82) is 0 Å². The summed E-state index contributed by atoms with van der Waals surface area (Å²) in [5.41, 5.74) is 4.03. The van der Waals surface area contributed by atoms with Gasteiger partial charge in [-0.1, -0.05) is 19.1 Å². The van der Waals surface area contributed by atoms with Crippen molar-refractivity contribution >= 4 is 11.0 Å². The van der Waals surface area contributed by atoms with Crippen molar-refractivity contribution in [2.45, 2.75) is 26.4 Å². The molecule has 0 amide bonds. The van der Waals surface area contributed by atoms with Crippen molar-refractivity contribution in [2.24, 2.45) is 0 Å². The van der Waals surface area contributed by atoms with Crippen LogP contribution in [-0.4, -0.2) is 33.0 Å². The van der Waals surface area contributed by atoms with Gasteiger partial charge in [-0.25, -0.2) is 4.79 Å². The molecule has 2 aliphatic heterocycles. The molecule has 6 nitrogen and oxygen atoms in total. The van der Waals surface area contributed by atoms with Gasteiger partial charge >= 0.3 is 5.63 Å². The van der Waals surface area contributed by atoms with Crippen LogP contribution in [0.2, 0.25) is 0 Å². The molecule has 3 heterocycles. The minimum atomic E-state index is -0.253. The number of aryl methyl sites for hydroxylation is 1. The quantitative estimate of drug-likeness (QED) is 0.606. The maximum atomic E-state index is 12.1. The second-order valence-electron chi connectivity index (χ2n) is 8.32. The SMILES string of the molecule is CCc1ccc2c(C[NH+]3CC[NH+](Cc4ccc5c(c4)OCO5)CC3)cc(=O)oc2c1.